The summed E-state index contributed by atoms with van der Waals surface area (Å²) in [5.74, 6) is 0. The number of hydrogen-bond donors (Lipinski definition) is 0. The van der Waals surface area contributed by atoms with Crippen LogP contribution < -0.4 is 0 Å². The Morgan fingerprint density at radius 2 is 1.25 bits per heavy atom. The van der Waals surface area contributed by atoms with Crippen LogP contribution in [-0.4, -0.2) is 51.4 Å². The zero-order valence-corrected chi connectivity index (χ0v) is 10.5. The Morgan fingerprint density at radius 3 is 1.25 bits per heavy atom. The van der Waals surface area contributed by atoms with E-state index in [4.69, 9.17) is 0 Å². The Hall–Kier alpha value is 2.69. The van der Waals surface area contributed by atoms with Crippen molar-refractivity contribution < 1.29 is 31.1 Å². The van der Waals surface area contributed by atoms with Crippen molar-refractivity contribution in [3.63, 3.8) is 0 Å². The van der Waals surface area contributed by atoms with Crippen molar-refractivity contribution in [1.82, 2.24) is 0 Å². The van der Waals surface area contributed by atoms with Gasteiger partial charge in [0.05, 0.1) is 0 Å². The van der Waals surface area contributed by atoms with Gasteiger partial charge >= 0.3 is 0 Å². The van der Waals surface area contributed by atoms with Crippen molar-refractivity contribution >= 4 is 51.4 Å². The van der Waals surface area contributed by atoms with Gasteiger partial charge in [0.2, 0.25) is 0 Å². The van der Waals surface area contributed by atoms with Crippen LogP contribution in [0.3, 0.4) is 0 Å². The molecule has 0 aliphatic carbocycles. The predicted octanol–water partition coefficient (Wildman–Crippen LogP) is 0.460. The van der Waals surface area contributed by atoms with Gasteiger partial charge in [-0.25, -0.2) is 0 Å². The van der Waals surface area contributed by atoms with Crippen LogP contribution in [0, 0.1) is 38.0 Å². The molecule has 0 heterocycles. The first kappa shape index (κ1) is 15.9. The first-order valence-electron chi connectivity index (χ1n) is 0.707. The van der Waals surface area contributed by atoms with E-state index in [0.717, 1.165) is 0 Å². The fraction of sp³-hybridized carbons (Fsp3) is 0.500. The molecule has 0 bridgehead atoms. The molecule has 0 amide bonds. The molecule has 4 heavy (non-hydrogen) atoms. The Kier molecular flexibility index (Phi) is 68.8. The summed E-state index contributed by atoms with van der Waals surface area (Å²) >= 11 is 0. The SMILES string of the molecule is [CH2-]C.[K].[U]. The molecular formula is C2H5KU-. The van der Waals surface area contributed by atoms with Crippen molar-refractivity contribution in [2.45, 2.75) is 6.92 Å². The van der Waals surface area contributed by atoms with Crippen molar-refractivity contribution in [1.29, 1.82) is 0 Å². The molecule has 0 atom stereocenters. The molecule has 0 aromatic rings. The van der Waals surface area contributed by atoms with E-state index >= 15 is 0 Å². The molecule has 0 aliphatic rings. The van der Waals surface area contributed by atoms with Crippen LogP contribution >= 0.6 is 0 Å². The zero-order valence-electron chi connectivity index (χ0n) is 3.21. The van der Waals surface area contributed by atoms with E-state index in [2.05, 4.69) is 6.92 Å². The Bertz CT molecular complexity index is 6.00. The van der Waals surface area contributed by atoms with Crippen LogP contribution in [0.25, 0.3) is 0 Å². The van der Waals surface area contributed by atoms with Gasteiger partial charge in [0.25, 0.3) is 0 Å². The van der Waals surface area contributed by atoms with Crippen LogP contribution in [-0.2, 0) is 0 Å². The summed E-state index contributed by atoms with van der Waals surface area (Å²) < 4.78 is 0. The van der Waals surface area contributed by atoms with Crippen LogP contribution in [0.15, 0.2) is 0 Å². The Labute approximate surface area is 93.9 Å². The van der Waals surface area contributed by atoms with Gasteiger partial charge in [-0.15, -0.1) is 0 Å². The maximum atomic E-state index is 3.25. The standard InChI is InChI=1S/C2H5.K.U/c1-2;;/h1H2,2H3;;/q-1;;. The van der Waals surface area contributed by atoms with Gasteiger partial charge in [-0.2, -0.15) is 6.92 Å². The van der Waals surface area contributed by atoms with Gasteiger partial charge in [0.15, 0.2) is 0 Å². The number of hydrogen-bond acceptors (Lipinski definition) is 0. The van der Waals surface area contributed by atoms with E-state index in [1.54, 1.807) is 6.92 Å². The average molecular weight is 306 g/mol. The third kappa shape index (κ3) is 8.82. The van der Waals surface area contributed by atoms with Gasteiger partial charge < -0.3 is 6.92 Å². The minimum atomic E-state index is 0. The molecule has 0 aromatic heterocycles. The van der Waals surface area contributed by atoms with Gasteiger partial charge in [-0.3, -0.25) is 0 Å². The summed E-state index contributed by atoms with van der Waals surface area (Å²) in [7, 11) is 0. The quantitative estimate of drug-likeness (QED) is 0.451. The normalized spacial score (nSPS) is 1.50. The molecular weight excluding hydrogens is 301 g/mol. The largest absolute Gasteiger partial charge is 0.346 e. The molecule has 0 nitrogen and oxygen atoms in total. The van der Waals surface area contributed by atoms with Crippen LogP contribution in [0.4, 0.5) is 0 Å². The van der Waals surface area contributed by atoms with Gasteiger partial charge in [-0.1, -0.05) is 0 Å². The second-order valence-corrected chi connectivity index (χ2v) is 0. The van der Waals surface area contributed by atoms with E-state index in [9.17, 15) is 0 Å². The van der Waals surface area contributed by atoms with Crippen molar-refractivity contribution in [2.75, 3.05) is 0 Å². The maximum absolute atomic E-state index is 3.25. The summed E-state index contributed by atoms with van der Waals surface area (Å²) in [5.41, 5.74) is 0. The molecule has 0 N–H and O–H groups in total. The molecule has 2 heteroatoms. The number of rotatable bonds is 0. The molecule has 19 valence electrons. The Balaban J connectivity index is -0.00000000500. The van der Waals surface area contributed by atoms with Gasteiger partial charge in [-0.05, 0) is 0 Å². The third-order valence-electron chi connectivity index (χ3n) is 0. The van der Waals surface area contributed by atoms with Crippen molar-refractivity contribution in [3.05, 3.63) is 6.92 Å². The summed E-state index contributed by atoms with van der Waals surface area (Å²) in [6.07, 6.45) is 0. The van der Waals surface area contributed by atoms with Gasteiger partial charge in [0.1, 0.15) is 0 Å². The summed E-state index contributed by atoms with van der Waals surface area (Å²) in [6.45, 7) is 5.00. The van der Waals surface area contributed by atoms with Crippen LogP contribution in [0.1, 0.15) is 6.92 Å². The van der Waals surface area contributed by atoms with Gasteiger partial charge in [0, 0.05) is 82.5 Å². The van der Waals surface area contributed by atoms with Crippen LogP contribution in [0.5, 0.6) is 0 Å². The smallest absolute Gasteiger partial charge is 0 e. The van der Waals surface area contributed by atoms with E-state index in [0.29, 0.717) is 0 Å². The second-order valence-electron chi connectivity index (χ2n) is 0. The summed E-state index contributed by atoms with van der Waals surface area (Å²) in [5, 5.41) is 0. The minimum Gasteiger partial charge on any atom is -0.346 e. The average Bonchev–Trinajstić information content (AvgIpc) is 1.00. The van der Waals surface area contributed by atoms with Crippen molar-refractivity contribution in [2.24, 2.45) is 0 Å². The monoisotopic (exact) mass is 306 g/mol. The van der Waals surface area contributed by atoms with Crippen molar-refractivity contribution in [3.8, 4) is 0 Å². The molecule has 1 radical (unpaired) electrons. The van der Waals surface area contributed by atoms with E-state index in [1.165, 1.54) is 0 Å². The first-order chi connectivity index (χ1) is 1.00. The minimum absolute atomic E-state index is 0. The fourth-order valence-corrected chi connectivity index (χ4v) is 0. The molecule has 0 unspecified atom stereocenters. The second kappa shape index (κ2) is 17.3. The van der Waals surface area contributed by atoms with E-state index in [1.807, 2.05) is 0 Å². The Morgan fingerprint density at radius 1 is 1.25 bits per heavy atom. The summed E-state index contributed by atoms with van der Waals surface area (Å²) in [6, 6.07) is 0. The summed E-state index contributed by atoms with van der Waals surface area (Å²) in [4.78, 5) is 0. The third-order valence-corrected chi connectivity index (χ3v) is 0. The molecule has 0 spiro atoms. The van der Waals surface area contributed by atoms with E-state index < -0.39 is 0 Å². The topological polar surface area (TPSA) is 0 Å². The predicted molar refractivity (Wildman–Crippen MR) is 16.8 cm³/mol. The van der Waals surface area contributed by atoms with Crippen LogP contribution in [0.2, 0.25) is 0 Å². The molecule has 0 saturated carbocycles. The van der Waals surface area contributed by atoms with E-state index in [-0.39, 0.29) is 82.5 Å². The molecule has 0 fully saturated rings. The molecule has 0 aliphatic heterocycles. The zero-order chi connectivity index (χ0) is 2.00. The molecule has 0 rings (SSSR count). The first-order valence-corrected chi connectivity index (χ1v) is 0.707. The maximum Gasteiger partial charge on any atom is 0 e. The fourth-order valence-electron chi connectivity index (χ4n) is 0. The molecule has 0 saturated heterocycles. The molecule has 0 aromatic carbocycles.